The fourth-order valence-corrected chi connectivity index (χ4v) is 2.89. The zero-order valence-electron chi connectivity index (χ0n) is 15.0. The summed E-state index contributed by atoms with van der Waals surface area (Å²) in [5, 5.41) is 7.38. The van der Waals surface area contributed by atoms with Crippen LogP contribution in [0.4, 0.5) is 10.2 Å². The van der Waals surface area contributed by atoms with Gasteiger partial charge in [0.25, 0.3) is 0 Å². The number of carbonyl (C=O) groups is 1. The van der Waals surface area contributed by atoms with Crippen molar-refractivity contribution in [2.24, 2.45) is 0 Å². The number of hydrogen-bond donors (Lipinski definition) is 1. The van der Waals surface area contributed by atoms with Crippen LogP contribution in [0, 0.1) is 5.82 Å². The molecule has 2 heterocycles. The van der Waals surface area contributed by atoms with Crippen LogP contribution in [-0.2, 0) is 11.2 Å². The van der Waals surface area contributed by atoms with E-state index in [2.05, 4.69) is 15.4 Å². The number of rotatable bonds is 6. The van der Waals surface area contributed by atoms with E-state index in [-0.39, 0.29) is 18.5 Å². The predicted octanol–water partition coefficient (Wildman–Crippen LogP) is 3.78. The second kappa shape index (κ2) is 7.51. The lowest BCUT2D eigenvalue weighted by Gasteiger charge is -2.18. The largest absolute Gasteiger partial charge is 0.462 e. The molecular formula is C19H21FN4O2. The Morgan fingerprint density at radius 1 is 1.35 bits per heavy atom. The molecule has 1 N–H and O–H groups in total. The molecule has 1 aromatic carbocycles. The molecule has 3 rings (SSSR count). The number of ether oxygens (including phenoxy) is 1. The van der Waals surface area contributed by atoms with Crippen LogP contribution in [0.1, 0.15) is 48.3 Å². The van der Waals surface area contributed by atoms with Crippen molar-refractivity contribution in [3.63, 3.8) is 0 Å². The highest BCUT2D eigenvalue weighted by Gasteiger charge is 2.17. The van der Waals surface area contributed by atoms with Gasteiger partial charge >= 0.3 is 5.97 Å². The lowest BCUT2D eigenvalue weighted by molar-refractivity contribution is 0.0528. The third kappa shape index (κ3) is 3.51. The first-order valence-corrected chi connectivity index (χ1v) is 8.59. The standard InChI is InChI=1S/C19H21FN4O2/c1-4-13-6-7-14(20)10-15(13)12(3)22-17-8-9-24-18(23-17)16(11-21-24)19(25)26-5-2/h6-12H,4-5H2,1-3H3,(H,22,23). The minimum Gasteiger partial charge on any atom is -0.462 e. The fourth-order valence-electron chi connectivity index (χ4n) is 2.89. The minimum absolute atomic E-state index is 0.149. The summed E-state index contributed by atoms with van der Waals surface area (Å²) in [5.74, 6) is -0.157. The van der Waals surface area contributed by atoms with E-state index in [0.29, 0.717) is 17.0 Å². The Hall–Kier alpha value is -2.96. The predicted molar refractivity (Wildman–Crippen MR) is 96.8 cm³/mol. The maximum absolute atomic E-state index is 13.7. The number of fused-ring (bicyclic) bond motifs is 1. The highest BCUT2D eigenvalue weighted by atomic mass is 19.1. The number of anilines is 1. The molecule has 1 unspecified atom stereocenters. The Bertz CT molecular complexity index is 938. The molecule has 7 heteroatoms. The van der Waals surface area contributed by atoms with Gasteiger partial charge in [0.2, 0.25) is 0 Å². The van der Waals surface area contributed by atoms with E-state index in [1.807, 2.05) is 13.8 Å². The van der Waals surface area contributed by atoms with Gasteiger partial charge < -0.3 is 10.1 Å². The normalized spacial score (nSPS) is 12.2. The molecule has 0 bridgehead atoms. The van der Waals surface area contributed by atoms with Crippen molar-refractivity contribution >= 4 is 17.4 Å². The number of halogens is 1. The number of esters is 1. The summed E-state index contributed by atoms with van der Waals surface area (Å²) in [6.45, 7) is 6.01. The van der Waals surface area contributed by atoms with Crippen molar-refractivity contribution in [1.29, 1.82) is 0 Å². The lowest BCUT2D eigenvalue weighted by Crippen LogP contribution is -2.12. The van der Waals surface area contributed by atoms with E-state index >= 15 is 0 Å². The van der Waals surface area contributed by atoms with E-state index in [0.717, 1.165) is 17.5 Å². The van der Waals surface area contributed by atoms with Gasteiger partial charge in [0, 0.05) is 6.20 Å². The number of carbonyl (C=O) groups excluding carboxylic acids is 1. The molecule has 0 fully saturated rings. The van der Waals surface area contributed by atoms with Gasteiger partial charge in [0.15, 0.2) is 5.65 Å². The first kappa shape index (κ1) is 17.8. The van der Waals surface area contributed by atoms with E-state index in [9.17, 15) is 9.18 Å². The van der Waals surface area contributed by atoms with Gasteiger partial charge in [-0.25, -0.2) is 18.7 Å². The molecule has 0 spiro atoms. The Morgan fingerprint density at radius 3 is 2.88 bits per heavy atom. The molecule has 6 nitrogen and oxygen atoms in total. The molecular weight excluding hydrogens is 335 g/mol. The van der Waals surface area contributed by atoms with Crippen LogP contribution in [0.5, 0.6) is 0 Å². The number of nitrogens with one attached hydrogen (secondary N) is 1. The van der Waals surface area contributed by atoms with Gasteiger partial charge in [0.1, 0.15) is 17.2 Å². The molecule has 0 saturated heterocycles. The first-order chi connectivity index (χ1) is 12.5. The Morgan fingerprint density at radius 2 is 2.15 bits per heavy atom. The summed E-state index contributed by atoms with van der Waals surface area (Å²) in [6.07, 6.45) is 3.96. The van der Waals surface area contributed by atoms with Gasteiger partial charge in [-0.2, -0.15) is 5.10 Å². The molecule has 0 aliphatic heterocycles. The van der Waals surface area contributed by atoms with Crippen LogP contribution < -0.4 is 5.32 Å². The van der Waals surface area contributed by atoms with E-state index in [4.69, 9.17) is 4.74 Å². The first-order valence-electron chi connectivity index (χ1n) is 8.59. The second-order valence-corrected chi connectivity index (χ2v) is 5.92. The Kier molecular flexibility index (Phi) is 5.16. The van der Waals surface area contributed by atoms with E-state index in [1.54, 1.807) is 25.3 Å². The fraction of sp³-hybridized carbons (Fsp3) is 0.316. The van der Waals surface area contributed by atoms with Crippen LogP contribution in [0.25, 0.3) is 5.65 Å². The summed E-state index contributed by atoms with van der Waals surface area (Å²) in [7, 11) is 0. The van der Waals surface area contributed by atoms with Gasteiger partial charge in [-0.15, -0.1) is 0 Å². The topological polar surface area (TPSA) is 68.5 Å². The maximum atomic E-state index is 13.7. The van der Waals surface area contributed by atoms with Crippen molar-refractivity contribution in [3.05, 3.63) is 59.2 Å². The molecule has 3 aromatic rings. The molecule has 0 aliphatic carbocycles. The number of nitrogens with zero attached hydrogens (tertiary/aromatic N) is 3. The van der Waals surface area contributed by atoms with E-state index in [1.165, 1.54) is 22.8 Å². The van der Waals surface area contributed by atoms with Crippen molar-refractivity contribution in [1.82, 2.24) is 14.6 Å². The zero-order valence-corrected chi connectivity index (χ0v) is 15.0. The monoisotopic (exact) mass is 356 g/mol. The second-order valence-electron chi connectivity index (χ2n) is 5.92. The van der Waals surface area contributed by atoms with Crippen LogP contribution in [0.2, 0.25) is 0 Å². The summed E-state index contributed by atoms with van der Waals surface area (Å²) in [5.41, 5.74) is 2.68. The molecule has 26 heavy (non-hydrogen) atoms. The number of aromatic nitrogens is 3. The summed E-state index contributed by atoms with van der Waals surface area (Å²) >= 11 is 0. The highest BCUT2D eigenvalue weighted by molar-refractivity contribution is 5.95. The zero-order chi connectivity index (χ0) is 18.7. The van der Waals surface area contributed by atoms with E-state index < -0.39 is 5.97 Å². The van der Waals surface area contributed by atoms with Crippen LogP contribution >= 0.6 is 0 Å². The third-order valence-electron chi connectivity index (χ3n) is 4.18. The number of hydrogen-bond acceptors (Lipinski definition) is 5. The summed E-state index contributed by atoms with van der Waals surface area (Å²) in [4.78, 5) is 16.5. The molecule has 0 saturated carbocycles. The average Bonchev–Trinajstić information content (AvgIpc) is 3.05. The van der Waals surface area contributed by atoms with Crippen molar-refractivity contribution < 1.29 is 13.9 Å². The van der Waals surface area contributed by atoms with Crippen LogP contribution in [0.15, 0.2) is 36.7 Å². The molecule has 2 aromatic heterocycles. The highest BCUT2D eigenvalue weighted by Crippen LogP contribution is 2.24. The Labute approximate surface area is 151 Å². The number of benzene rings is 1. The molecule has 0 amide bonds. The molecule has 1 atom stereocenters. The van der Waals surface area contributed by atoms with Gasteiger partial charge in [-0.3, -0.25) is 0 Å². The summed E-state index contributed by atoms with van der Waals surface area (Å²) in [6, 6.07) is 6.42. The molecule has 0 aliphatic rings. The molecule has 136 valence electrons. The quantitative estimate of drug-likeness (QED) is 0.681. The van der Waals surface area contributed by atoms with Gasteiger partial charge in [-0.1, -0.05) is 13.0 Å². The van der Waals surface area contributed by atoms with Crippen molar-refractivity contribution in [2.75, 3.05) is 11.9 Å². The smallest absolute Gasteiger partial charge is 0.343 e. The van der Waals surface area contributed by atoms with Gasteiger partial charge in [0.05, 0.1) is 18.8 Å². The average molecular weight is 356 g/mol. The minimum atomic E-state index is -0.460. The maximum Gasteiger partial charge on any atom is 0.343 e. The summed E-state index contributed by atoms with van der Waals surface area (Å²) < 4.78 is 20.2. The van der Waals surface area contributed by atoms with Gasteiger partial charge in [-0.05, 0) is 49.6 Å². The molecule has 0 radical (unpaired) electrons. The van der Waals surface area contributed by atoms with Crippen molar-refractivity contribution in [3.8, 4) is 0 Å². The van der Waals surface area contributed by atoms with Crippen LogP contribution in [0.3, 0.4) is 0 Å². The SMILES string of the molecule is CCOC(=O)c1cnn2ccc(NC(C)c3cc(F)ccc3CC)nc12. The third-order valence-corrected chi connectivity index (χ3v) is 4.18. The Balaban J connectivity index is 1.90. The lowest BCUT2D eigenvalue weighted by atomic mass is 9.99. The number of aryl methyl sites for hydroxylation is 1. The van der Waals surface area contributed by atoms with Crippen LogP contribution in [-0.4, -0.2) is 27.2 Å². The van der Waals surface area contributed by atoms with Crippen molar-refractivity contribution in [2.45, 2.75) is 33.2 Å².